The van der Waals surface area contributed by atoms with Crippen molar-refractivity contribution in [3.8, 4) is 0 Å². The minimum Gasteiger partial charge on any atom is -0.452 e. The largest absolute Gasteiger partial charge is 0.452 e. The lowest BCUT2D eigenvalue weighted by molar-refractivity contribution is -0.154. The number of hydrogen-bond donors (Lipinski definition) is 1. The first-order valence-electron chi connectivity index (χ1n) is 8.34. The van der Waals surface area contributed by atoms with Crippen LogP contribution in [0.25, 0.3) is 0 Å². The Morgan fingerprint density at radius 3 is 2.52 bits per heavy atom. The van der Waals surface area contributed by atoms with Crippen LogP contribution < -0.4 is 5.32 Å². The molecule has 1 N–H and O–H groups in total. The van der Waals surface area contributed by atoms with Crippen molar-refractivity contribution in [1.29, 1.82) is 0 Å². The maximum atomic E-state index is 12.9. The van der Waals surface area contributed by atoms with E-state index in [4.69, 9.17) is 4.74 Å². The van der Waals surface area contributed by atoms with Gasteiger partial charge in [0.05, 0.1) is 0 Å². The predicted molar refractivity (Wildman–Crippen MR) is 86.4 cm³/mol. The zero-order valence-electron chi connectivity index (χ0n) is 13.5. The first kappa shape index (κ1) is 17.4. The highest BCUT2D eigenvalue weighted by atomic mass is 19.1. The van der Waals surface area contributed by atoms with Crippen molar-refractivity contribution in [2.45, 2.75) is 58.0 Å². The van der Waals surface area contributed by atoms with E-state index < -0.39 is 6.10 Å². The van der Waals surface area contributed by atoms with Crippen molar-refractivity contribution in [1.82, 2.24) is 0 Å². The number of rotatable bonds is 7. The van der Waals surface area contributed by atoms with Crippen LogP contribution in [0.2, 0.25) is 0 Å². The molecule has 0 aliphatic heterocycles. The van der Waals surface area contributed by atoms with Crippen LogP contribution in [-0.2, 0) is 14.3 Å². The Bertz CT molecular complexity index is 524. The topological polar surface area (TPSA) is 55.4 Å². The molecule has 2 rings (SSSR count). The van der Waals surface area contributed by atoms with Crippen molar-refractivity contribution in [3.63, 3.8) is 0 Å². The summed E-state index contributed by atoms with van der Waals surface area (Å²) in [6.07, 6.45) is 5.68. The lowest BCUT2D eigenvalue weighted by atomic mass is 10.0. The summed E-state index contributed by atoms with van der Waals surface area (Å²) < 4.78 is 18.1. The Morgan fingerprint density at radius 1 is 1.26 bits per heavy atom. The van der Waals surface area contributed by atoms with Crippen molar-refractivity contribution in [2.24, 2.45) is 5.92 Å². The number of anilines is 1. The van der Waals surface area contributed by atoms with Gasteiger partial charge in [-0.05, 0) is 43.0 Å². The molecule has 1 amide bonds. The third-order valence-electron chi connectivity index (χ3n) is 4.28. The third-order valence-corrected chi connectivity index (χ3v) is 4.28. The molecular weight excluding hydrogens is 297 g/mol. The molecule has 0 heterocycles. The van der Waals surface area contributed by atoms with E-state index in [9.17, 15) is 14.0 Å². The van der Waals surface area contributed by atoms with E-state index in [0.29, 0.717) is 24.4 Å². The summed E-state index contributed by atoms with van der Waals surface area (Å²) in [6, 6.07) is 5.48. The summed E-state index contributed by atoms with van der Waals surface area (Å²) in [6.45, 7) is 1.79. The molecular formula is C18H24FNO3. The fourth-order valence-corrected chi connectivity index (χ4v) is 2.92. The molecule has 1 aromatic carbocycles. The average Bonchev–Trinajstić information content (AvgIpc) is 3.06. The smallest absolute Gasteiger partial charge is 0.306 e. The van der Waals surface area contributed by atoms with Gasteiger partial charge in [0.25, 0.3) is 5.91 Å². The van der Waals surface area contributed by atoms with Gasteiger partial charge in [-0.1, -0.05) is 32.6 Å². The molecule has 1 atom stereocenters. The maximum absolute atomic E-state index is 12.9. The molecule has 1 aliphatic carbocycles. The fourth-order valence-electron chi connectivity index (χ4n) is 2.92. The van der Waals surface area contributed by atoms with E-state index >= 15 is 0 Å². The van der Waals surface area contributed by atoms with Crippen LogP contribution in [-0.4, -0.2) is 18.0 Å². The molecule has 0 radical (unpaired) electrons. The minimum atomic E-state index is -0.809. The van der Waals surface area contributed by atoms with Crippen molar-refractivity contribution in [3.05, 3.63) is 30.1 Å². The molecule has 23 heavy (non-hydrogen) atoms. The number of amides is 1. The normalized spacial score (nSPS) is 16.1. The van der Waals surface area contributed by atoms with Crippen molar-refractivity contribution in [2.75, 3.05) is 5.32 Å². The van der Waals surface area contributed by atoms with E-state index in [-0.39, 0.29) is 17.7 Å². The molecule has 1 aliphatic rings. The fraction of sp³-hybridized carbons (Fsp3) is 0.556. The molecule has 4 nitrogen and oxygen atoms in total. The van der Waals surface area contributed by atoms with Crippen molar-refractivity contribution < 1.29 is 18.7 Å². The van der Waals surface area contributed by atoms with E-state index in [1.807, 2.05) is 0 Å². The first-order valence-corrected chi connectivity index (χ1v) is 8.34. The van der Waals surface area contributed by atoms with Crippen LogP contribution in [0.15, 0.2) is 24.3 Å². The monoisotopic (exact) mass is 321 g/mol. The van der Waals surface area contributed by atoms with Gasteiger partial charge in [0.1, 0.15) is 5.82 Å². The lowest BCUT2D eigenvalue weighted by Gasteiger charge is -2.17. The second kappa shape index (κ2) is 8.65. The highest BCUT2D eigenvalue weighted by Gasteiger charge is 2.22. The standard InChI is InChI=1S/C18H24FNO3/c1-2-16(18(22)20-15-10-8-14(19)9-11-15)23-17(21)12-7-13-5-3-4-6-13/h8-11,13,16H,2-7,12H2,1H3,(H,20,22)/t16-/m0/s1. The van der Waals surface area contributed by atoms with E-state index in [2.05, 4.69) is 5.32 Å². The summed E-state index contributed by atoms with van der Waals surface area (Å²) in [7, 11) is 0. The van der Waals surface area contributed by atoms with Crippen LogP contribution in [0, 0.1) is 11.7 Å². The second-order valence-corrected chi connectivity index (χ2v) is 6.07. The van der Waals surface area contributed by atoms with E-state index in [0.717, 1.165) is 6.42 Å². The van der Waals surface area contributed by atoms with Gasteiger partial charge in [-0.25, -0.2) is 4.39 Å². The van der Waals surface area contributed by atoms with Gasteiger partial charge < -0.3 is 10.1 Å². The number of nitrogens with one attached hydrogen (secondary N) is 1. The van der Waals surface area contributed by atoms with Gasteiger partial charge in [-0.3, -0.25) is 9.59 Å². The summed E-state index contributed by atoms with van der Waals surface area (Å²) in [5.41, 5.74) is 0.483. The number of halogens is 1. The van der Waals surface area contributed by atoms with Crippen LogP contribution >= 0.6 is 0 Å². The van der Waals surface area contributed by atoms with Gasteiger partial charge in [-0.15, -0.1) is 0 Å². The summed E-state index contributed by atoms with van der Waals surface area (Å²) in [5.74, 6) is -0.449. The van der Waals surface area contributed by atoms with Crippen LogP contribution in [0.3, 0.4) is 0 Å². The summed E-state index contributed by atoms with van der Waals surface area (Å²) in [5, 5.41) is 2.64. The lowest BCUT2D eigenvalue weighted by Crippen LogP contribution is -2.32. The Hall–Kier alpha value is -1.91. The van der Waals surface area contributed by atoms with E-state index in [1.54, 1.807) is 6.92 Å². The molecule has 1 saturated carbocycles. The minimum absolute atomic E-state index is 0.321. The quantitative estimate of drug-likeness (QED) is 0.771. The SMILES string of the molecule is CC[C@H](OC(=O)CCC1CCCC1)C(=O)Nc1ccc(F)cc1. The van der Waals surface area contributed by atoms with Gasteiger partial charge in [0, 0.05) is 12.1 Å². The van der Waals surface area contributed by atoms with Crippen LogP contribution in [0.4, 0.5) is 10.1 Å². The molecule has 5 heteroatoms. The van der Waals surface area contributed by atoms with Crippen LogP contribution in [0.5, 0.6) is 0 Å². The van der Waals surface area contributed by atoms with Gasteiger partial charge in [0.15, 0.2) is 6.10 Å². The Morgan fingerprint density at radius 2 is 1.91 bits per heavy atom. The van der Waals surface area contributed by atoms with Crippen molar-refractivity contribution >= 4 is 17.6 Å². The molecule has 0 unspecified atom stereocenters. The molecule has 1 aromatic rings. The predicted octanol–water partition coefficient (Wildman–Crippen LogP) is 4.06. The van der Waals surface area contributed by atoms with Gasteiger partial charge in [-0.2, -0.15) is 0 Å². The number of carbonyl (C=O) groups excluding carboxylic acids is 2. The molecule has 126 valence electrons. The van der Waals surface area contributed by atoms with Gasteiger partial charge in [0.2, 0.25) is 0 Å². The summed E-state index contributed by atoms with van der Waals surface area (Å²) >= 11 is 0. The number of ether oxygens (including phenoxy) is 1. The Balaban J connectivity index is 1.79. The molecule has 0 bridgehead atoms. The maximum Gasteiger partial charge on any atom is 0.306 e. The zero-order chi connectivity index (χ0) is 16.7. The Kier molecular flexibility index (Phi) is 6.56. The third kappa shape index (κ3) is 5.66. The highest BCUT2D eigenvalue weighted by molar-refractivity contribution is 5.95. The molecule has 0 spiro atoms. The number of esters is 1. The first-order chi connectivity index (χ1) is 11.1. The Labute approximate surface area is 136 Å². The molecule has 1 fully saturated rings. The summed E-state index contributed by atoms with van der Waals surface area (Å²) in [4.78, 5) is 24.1. The average molecular weight is 321 g/mol. The van der Waals surface area contributed by atoms with E-state index in [1.165, 1.54) is 49.9 Å². The zero-order valence-corrected chi connectivity index (χ0v) is 13.5. The molecule has 0 saturated heterocycles. The van der Waals surface area contributed by atoms with Crippen LogP contribution in [0.1, 0.15) is 51.9 Å². The van der Waals surface area contributed by atoms with Gasteiger partial charge >= 0.3 is 5.97 Å². The number of carbonyl (C=O) groups is 2. The molecule has 0 aromatic heterocycles. The number of hydrogen-bond acceptors (Lipinski definition) is 3. The second-order valence-electron chi connectivity index (χ2n) is 6.07. The highest BCUT2D eigenvalue weighted by Crippen LogP contribution is 2.28. The number of benzene rings is 1.